The first-order chi connectivity index (χ1) is 8.49. The number of nitrogens with zero attached hydrogens (tertiary/aromatic N) is 1. The molecule has 4 unspecified atom stereocenters. The van der Waals surface area contributed by atoms with Crippen molar-refractivity contribution >= 4 is 5.91 Å². The van der Waals surface area contributed by atoms with Gasteiger partial charge >= 0.3 is 0 Å². The lowest BCUT2D eigenvalue weighted by Crippen LogP contribution is -2.39. The summed E-state index contributed by atoms with van der Waals surface area (Å²) in [6.45, 7) is 9.66. The average molecular weight is 252 g/mol. The summed E-state index contributed by atoms with van der Waals surface area (Å²) in [5, 5.41) is 3.43. The van der Waals surface area contributed by atoms with Crippen molar-refractivity contribution in [3.05, 3.63) is 0 Å². The quantitative estimate of drug-likeness (QED) is 0.837. The molecule has 1 saturated heterocycles. The molecule has 2 aliphatic rings. The topological polar surface area (TPSA) is 32.3 Å². The van der Waals surface area contributed by atoms with Crippen LogP contribution in [0.25, 0.3) is 0 Å². The fourth-order valence-corrected chi connectivity index (χ4v) is 3.52. The Hall–Kier alpha value is -0.570. The Morgan fingerprint density at radius 2 is 2.06 bits per heavy atom. The van der Waals surface area contributed by atoms with Crippen LogP contribution in [-0.2, 0) is 4.79 Å². The summed E-state index contributed by atoms with van der Waals surface area (Å²) in [6.07, 6.45) is 5.51. The molecule has 104 valence electrons. The highest BCUT2D eigenvalue weighted by Crippen LogP contribution is 2.30. The summed E-state index contributed by atoms with van der Waals surface area (Å²) in [5.74, 6) is 2.25. The number of nitrogens with one attached hydrogen (secondary N) is 1. The molecule has 4 atom stereocenters. The third-order valence-electron chi connectivity index (χ3n) is 4.60. The fourth-order valence-electron chi connectivity index (χ4n) is 3.52. The van der Waals surface area contributed by atoms with E-state index in [0.717, 1.165) is 12.5 Å². The van der Waals surface area contributed by atoms with Crippen molar-refractivity contribution in [1.82, 2.24) is 10.2 Å². The Bertz CT molecular complexity index is 303. The van der Waals surface area contributed by atoms with Crippen LogP contribution in [0.3, 0.4) is 0 Å². The summed E-state index contributed by atoms with van der Waals surface area (Å²) >= 11 is 0. The zero-order valence-electron chi connectivity index (χ0n) is 12.3. The first-order valence-electron chi connectivity index (χ1n) is 7.55. The van der Waals surface area contributed by atoms with E-state index >= 15 is 0 Å². The van der Waals surface area contributed by atoms with Crippen molar-refractivity contribution in [2.24, 2.45) is 17.8 Å². The van der Waals surface area contributed by atoms with E-state index in [1.54, 1.807) is 0 Å². The van der Waals surface area contributed by atoms with Gasteiger partial charge in [-0.3, -0.25) is 10.1 Å². The Morgan fingerprint density at radius 3 is 2.61 bits per heavy atom. The molecule has 0 spiro atoms. The molecule has 1 amide bonds. The fraction of sp³-hybridized carbons (Fsp3) is 0.933. The molecule has 1 aliphatic heterocycles. The number of hydrogen-bond acceptors (Lipinski definition) is 2. The zero-order valence-corrected chi connectivity index (χ0v) is 12.3. The molecule has 1 aliphatic carbocycles. The Morgan fingerprint density at radius 1 is 1.33 bits per heavy atom. The average Bonchev–Trinajstić information content (AvgIpc) is 2.57. The minimum absolute atomic E-state index is 0.0287. The van der Waals surface area contributed by atoms with Gasteiger partial charge in [0, 0.05) is 6.54 Å². The Kier molecular flexibility index (Phi) is 4.31. The van der Waals surface area contributed by atoms with Gasteiger partial charge in [-0.05, 0) is 37.5 Å². The van der Waals surface area contributed by atoms with Crippen LogP contribution in [0.4, 0.5) is 0 Å². The Balaban J connectivity index is 1.94. The van der Waals surface area contributed by atoms with Gasteiger partial charge in [-0.15, -0.1) is 0 Å². The monoisotopic (exact) mass is 252 g/mol. The second-order valence-electron chi connectivity index (χ2n) is 6.69. The first-order valence-corrected chi connectivity index (χ1v) is 7.55. The molecule has 2 fully saturated rings. The van der Waals surface area contributed by atoms with Gasteiger partial charge in [0.05, 0.1) is 12.2 Å². The maximum atomic E-state index is 12.4. The molecule has 0 bridgehead atoms. The molecule has 3 heteroatoms. The van der Waals surface area contributed by atoms with Gasteiger partial charge in [0.1, 0.15) is 0 Å². The van der Waals surface area contributed by atoms with Crippen molar-refractivity contribution < 1.29 is 4.79 Å². The smallest absolute Gasteiger partial charge is 0.241 e. The third-order valence-corrected chi connectivity index (χ3v) is 4.60. The number of rotatable bonds is 3. The van der Waals surface area contributed by atoms with Gasteiger partial charge in [-0.2, -0.15) is 0 Å². The minimum atomic E-state index is 0.0287. The maximum absolute atomic E-state index is 12.4. The second-order valence-corrected chi connectivity index (χ2v) is 6.69. The van der Waals surface area contributed by atoms with Crippen molar-refractivity contribution in [3.8, 4) is 0 Å². The van der Waals surface area contributed by atoms with Crippen LogP contribution in [0.1, 0.15) is 53.4 Å². The van der Waals surface area contributed by atoms with E-state index in [0.29, 0.717) is 17.7 Å². The van der Waals surface area contributed by atoms with Crippen LogP contribution in [0.15, 0.2) is 0 Å². The minimum Gasteiger partial charge on any atom is -0.326 e. The molecule has 1 saturated carbocycles. The number of hydrogen-bond donors (Lipinski definition) is 1. The zero-order chi connectivity index (χ0) is 13.3. The SMILES string of the molecule is CC1CCCC(CN2C(=O)C(C(C)C)NC2C)C1. The molecular formula is C15H28N2O. The summed E-state index contributed by atoms with van der Waals surface area (Å²) in [7, 11) is 0. The largest absolute Gasteiger partial charge is 0.326 e. The van der Waals surface area contributed by atoms with Crippen molar-refractivity contribution in [1.29, 1.82) is 0 Å². The Labute approximate surface area is 111 Å². The van der Waals surface area contributed by atoms with Crippen LogP contribution < -0.4 is 5.32 Å². The van der Waals surface area contributed by atoms with Gasteiger partial charge in [0.15, 0.2) is 0 Å². The highest BCUT2D eigenvalue weighted by Gasteiger charge is 2.39. The lowest BCUT2D eigenvalue weighted by atomic mass is 9.82. The normalized spacial score (nSPS) is 37.6. The van der Waals surface area contributed by atoms with Gasteiger partial charge in [-0.1, -0.05) is 33.6 Å². The summed E-state index contributed by atoms with van der Waals surface area (Å²) < 4.78 is 0. The van der Waals surface area contributed by atoms with E-state index in [2.05, 4.69) is 37.9 Å². The molecule has 3 nitrogen and oxygen atoms in total. The van der Waals surface area contributed by atoms with Crippen LogP contribution in [0, 0.1) is 17.8 Å². The van der Waals surface area contributed by atoms with Crippen LogP contribution in [0.2, 0.25) is 0 Å². The van der Waals surface area contributed by atoms with Crippen LogP contribution in [0.5, 0.6) is 0 Å². The predicted molar refractivity (Wildman–Crippen MR) is 74.1 cm³/mol. The van der Waals surface area contributed by atoms with E-state index in [1.807, 2.05) is 0 Å². The summed E-state index contributed by atoms with van der Waals surface area (Å²) in [4.78, 5) is 14.5. The molecule has 1 heterocycles. The standard InChI is InChI=1S/C15H28N2O/c1-10(2)14-15(18)17(12(4)16-14)9-13-7-5-6-11(3)8-13/h10-14,16H,5-9H2,1-4H3. The predicted octanol–water partition coefficient (Wildman–Crippen LogP) is 2.62. The molecule has 0 aromatic rings. The van der Waals surface area contributed by atoms with Gasteiger partial charge in [0.25, 0.3) is 0 Å². The van der Waals surface area contributed by atoms with Gasteiger partial charge in [-0.25, -0.2) is 0 Å². The van der Waals surface area contributed by atoms with Gasteiger partial charge < -0.3 is 4.90 Å². The lowest BCUT2D eigenvalue weighted by molar-refractivity contribution is -0.131. The van der Waals surface area contributed by atoms with E-state index in [9.17, 15) is 4.79 Å². The van der Waals surface area contributed by atoms with Crippen molar-refractivity contribution in [2.75, 3.05) is 6.54 Å². The van der Waals surface area contributed by atoms with E-state index in [-0.39, 0.29) is 12.2 Å². The first kappa shape index (κ1) is 13.9. The van der Waals surface area contributed by atoms with E-state index < -0.39 is 0 Å². The third kappa shape index (κ3) is 2.87. The molecule has 0 aromatic heterocycles. The van der Waals surface area contributed by atoms with Crippen molar-refractivity contribution in [3.63, 3.8) is 0 Å². The lowest BCUT2D eigenvalue weighted by Gasteiger charge is -2.31. The molecular weight excluding hydrogens is 224 g/mol. The second kappa shape index (κ2) is 5.60. The van der Waals surface area contributed by atoms with E-state index in [1.165, 1.54) is 25.7 Å². The van der Waals surface area contributed by atoms with Crippen LogP contribution >= 0.6 is 0 Å². The number of amides is 1. The summed E-state index contributed by atoms with van der Waals surface area (Å²) in [5.41, 5.74) is 0. The van der Waals surface area contributed by atoms with Crippen LogP contribution in [-0.4, -0.2) is 29.6 Å². The molecule has 0 aromatic carbocycles. The molecule has 18 heavy (non-hydrogen) atoms. The number of carbonyl (C=O) groups is 1. The maximum Gasteiger partial charge on any atom is 0.241 e. The number of carbonyl (C=O) groups excluding carboxylic acids is 1. The van der Waals surface area contributed by atoms with Gasteiger partial charge in [0.2, 0.25) is 5.91 Å². The highest BCUT2D eigenvalue weighted by molar-refractivity contribution is 5.84. The molecule has 2 rings (SSSR count). The highest BCUT2D eigenvalue weighted by atomic mass is 16.2. The molecule has 0 radical (unpaired) electrons. The molecule has 1 N–H and O–H groups in total. The van der Waals surface area contributed by atoms with E-state index in [4.69, 9.17) is 0 Å². The van der Waals surface area contributed by atoms with Crippen molar-refractivity contribution in [2.45, 2.75) is 65.6 Å². The summed E-state index contributed by atoms with van der Waals surface area (Å²) in [6, 6.07) is 0.0287.